The quantitative estimate of drug-likeness (QED) is 0.569. The van der Waals surface area contributed by atoms with Crippen molar-refractivity contribution in [3.8, 4) is 0 Å². The Kier molecular flexibility index (Phi) is 6.67. The van der Waals surface area contributed by atoms with E-state index in [1.165, 1.54) is 16.7 Å². The Bertz CT molecular complexity index is 879. The molecule has 1 aliphatic heterocycles. The van der Waals surface area contributed by atoms with Crippen molar-refractivity contribution in [1.82, 2.24) is 9.80 Å². The number of nitrogens with one attached hydrogen (secondary N) is 1. The Morgan fingerprint density at radius 3 is 1.97 bits per heavy atom. The maximum Gasteiger partial charge on any atom is 0.0602 e. The summed E-state index contributed by atoms with van der Waals surface area (Å²) < 4.78 is 0. The van der Waals surface area contributed by atoms with E-state index in [4.69, 9.17) is 5.73 Å². The smallest absolute Gasteiger partial charge is 0.0602 e. The second kappa shape index (κ2) is 9.79. The number of nitrogens with two attached hydrogens (primary N) is 1. The molecule has 156 valence electrons. The molecule has 3 aromatic rings. The second-order valence-corrected chi connectivity index (χ2v) is 7.99. The molecule has 0 bridgehead atoms. The largest absolute Gasteiger partial charge is 0.397 e. The minimum absolute atomic E-state index is 0.310. The minimum atomic E-state index is 0.310. The van der Waals surface area contributed by atoms with Crippen LogP contribution < -0.4 is 11.1 Å². The summed E-state index contributed by atoms with van der Waals surface area (Å²) in [6.07, 6.45) is 0. The Morgan fingerprint density at radius 1 is 0.833 bits per heavy atom. The monoisotopic (exact) mass is 400 g/mol. The van der Waals surface area contributed by atoms with Gasteiger partial charge in [-0.15, -0.1) is 0 Å². The van der Waals surface area contributed by atoms with E-state index in [0.717, 1.165) is 50.6 Å². The highest BCUT2D eigenvalue weighted by Crippen LogP contribution is 2.30. The van der Waals surface area contributed by atoms with Crippen LogP contribution in [0.5, 0.6) is 0 Å². The molecule has 1 fully saturated rings. The number of hydrogen-bond acceptors (Lipinski definition) is 4. The molecule has 0 spiro atoms. The third-order valence-corrected chi connectivity index (χ3v) is 5.89. The zero-order valence-corrected chi connectivity index (χ0v) is 17.8. The van der Waals surface area contributed by atoms with Crippen LogP contribution in [-0.2, 0) is 6.54 Å². The Labute approximate surface area is 180 Å². The average Bonchev–Trinajstić information content (AvgIpc) is 2.79. The summed E-state index contributed by atoms with van der Waals surface area (Å²) in [5.74, 6) is 0. The first-order chi connectivity index (χ1) is 14.7. The molecule has 1 aliphatic rings. The van der Waals surface area contributed by atoms with Gasteiger partial charge in [0.2, 0.25) is 0 Å². The van der Waals surface area contributed by atoms with Crippen LogP contribution in [0.1, 0.15) is 29.7 Å². The fourth-order valence-electron chi connectivity index (χ4n) is 4.38. The fourth-order valence-corrected chi connectivity index (χ4v) is 4.38. The molecule has 0 amide bonds. The van der Waals surface area contributed by atoms with E-state index in [9.17, 15) is 0 Å². The summed E-state index contributed by atoms with van der Waals surface area (Å²) in [6.45, 7) is 8.15. The lowest BCUT2D eigenvalue weighted by Gasteiger charge is -2.40. The summed E-state index contributed by atoms with van der Waals surface area (Å²) in [7, 11) is 0. The van der Waals surface area contributed by atoms with Crippen molar-refractivity contribution in [3.05, 3.63) is 95.6 Å². The number of piperazine rings is 1. The van der Waals surface area contributed by atoms with Crippen molar-refractivity contribution >= 4 is 11.4 Å². The lowest BCUT2D eigenvalue weighted by atomic mass is 9.96. The maximum atomic E-state index is 6.21. The zero-order chi connectivity index (χ0) is 20.8. The molecule has 1 heterocycles. The van der Waals surface area contributed by atoms with Crippen molar-refractivity contribution in [3.63, 3.8) is 0 Å². The van der Waals surface area contributed by atoms with Gasteiger partial charge in [-0.3, -0.25) is 9.80 Å². The van der Waals surface area contributed by atoms with E-state index < -0.39 is 0 Å². The Hall–Kier alpha value is -2.82. The lowest BCUT2D eigenvalue weighted by Crippen LogP contribution is -2.47. The first-order valence-electron chi connectivity index (χ1n) is 10.9. The van der Waals surface area contributed by atoms with Crippen LogP contribution in [0.3, 0.4) is 0 Å². The third kappa shape index (κ3) is 4.84. The predicted octanol–water partition coefficient (Wildman–Crippen LogP) is 4.61. The van der Waals surface area contributed by atoms with Crippen molar-refractivity contribution in [2.24, 2.45) is 0 Å². The van der Waals surface area contributed by atoms with Gasteiger partial charge in [-0.1, -0.05) is 66.7 Å². The molecular weight excluding hydrogens is 368 g/mol. The van der Waals surface area contributed by atoms with Gasteiger partial charge >= 0.3 is 0 Å². The van der Waals surface area contributed by atoms with E-state index in [2.05, 4.69) is 101 Å². The number of hydrogen-bond donors (Lipinski definition) is 2. The first-order valence-corrected chi connectivity index (χ1v) is 10.9. The van der Waals surface area contributed by atoms with E-state index in [1.807, 2.05) is 0 Å². The maximum absolute atomic E-state index is 6.21. The highest BCUT2D eigenvalue weighted by molar-refractivity contribution is 5.66. The zero-order valence-electron chi connectivity index (χ0n) is 17.8. The standard InChI is InChI=1S/C26H32N4/c1-2-28-25-14-13-21(19-24(25)27)20-29-15-17-30(18-16-29)26(22-9-5-3-6-10-22)23-11-7-4-8-12-23/h3-14,19,26,28H,2,15-18,20,27H2,1H3. The van der Waals surface area contributed by atoms with E-state index in [-0.39, 0.29) is 0 Å². The van der Waals surface area contributed by atoms with Crippen molar-refractivity contribution in [2.45, 2.75) is 19.5 Å². The number of rotatable bonds is 7. The van der Waals surface area contributed by atoms with Crippen LogP contribution in [0.15, 0.2) is 78.9 Å². The highest BCUT2D eigenvalue weighted by atomic mass is 15.3. The van der Waals surface area contributed by atoms with Gasteiger partial charge in [-0.25, -0.2) is 0 Å². The van der Waals surface area contributed by atoms with E-state index in [1.54, 1.807) is 0 Å². The molecule has 3 N–H and O–H groups in total. The van der Waals surface area contributed by atoms with Crippen LogP contribution in [0.4, 0.5) is 11.4 Å². The van der Waals surface area contributed by atoms with Gasteiger partial charge < -0.3 is 11.1 Å². The summed E-state index contributed by atoms with van der Waals surface area (Å²) in [5, 5.41) is 3.31. The van der Waals surface area contributed by atoms with Crippen LogP contribution in [-0.4, -0.2) is 42.5 Å². The van der Waals surface area contributed by atoms with Crippen LogP contribution in [0, 0.1) is 0 Å². The van der Waals surface area contributed by atoms with Gasteiger partial charge in [0.25, 0.3) is 0 Å². The molecule has 4 heteroatoms. The van der Waals surface area contributed by atoms with Crippen molar-refractivity contribution in [1.29, 1.82) is 0 Å². The average molecular weight is 401 g/mol. The second-order valence-electron chi connectivity index (χ2n) is 7.99. The third-order valence-electron chi connectivity index (χ3n) is 5.89. The van der Waals surface area contributed by atoms with Gasteiger partial charge in [-0.2, -0.15) is 0 Å². The Balaban J connectivity index is 1.43. The molecule has 1 saturated heterocycles. The van der Waals surface area contributed by atoms with Gasteiger partial charge in [-0.05, 0) is 35.7 Å². The van der Waals surface area contributed by atoms with Gasteiger partial charge in [0.15, 0.2) is 0 Å². The highest BCUT2D eigenvalue weighted by Gasteiger charge is 2.26. The SMILES string of the molecule is CCNc1ccc(CN2CCN(C(c3ccccc3)c3ccccc3)CC2)cc1N. The molecular formula is C26H32N4. The molecule has 3 aromatic carbocycles. The van der Waals surface area contributed by atoms with Crippen LogP contribution in [0.2, 0.25) is 0 Å². The van der Waals surface area contributed by atoms with E-state index in [0.29, 0.717) is 6.04 Å². The lowest BCUT2D eigenvalue weighted by molar-refractivity contribution is 0.105. The molecule has 0 atom stereocenters. The van der Waals surface area contributed by atoms with Crippen molar-refractivity contribution < 1.29 is 0 Å². The summed E-state index contributed by atoms with van der Waals surface area (Å²) in [6, 6.07) is 28.5. The molecule has 0 radical (unpaired) electrons. The van der Waals surface area contributed by atoms with E-state index >= 15 is 0 Å². The van der Waals surface area contributed by atoms with Gasteiger partial charge in [0.05, 0.1) is 17.4 Å². The number of nitrogen functional groups attached to an aromatic ring is 1. The minimum Gasteiger partial charge on any atom is -0.397 e. The summed E-state index contributed by atoms with van der Waals surface area (Å²) >= 11 is 0. The number of nitrogens with zero attached hydrogens (tertiary/aromatic N) is 2. The molecule has 0 unspecified atom stereocenters. The topological polar surface area (TPSA) is 44.5 Å². The van der Waals surface area contributed by atoms with Crippen molar-refractivity contribution in [2.75, 3.05) is 43.8 Å². The van der Waals surface area contributed by atoms with Gasteiger partial charge in [0, 0.05) is 39.3 Å². The van der Waals surface area contributed by atoms with Crippen LogP contribution in [0.25, 0.3) is 0 Å². The summed E-state index contributed by atoms with van der Waals surface area (Å²) in [4.78, 5) is 5.15. The normalized spacial score (nSPS) is 15.4. The molecule has 0 saturated carbocycles. The molecule has 30 heavy (non-hydrogen) atoms. The fraction of sp³-hybridized carbons (Fsp3) is 0.308. The Morgan fingerprint density at radius 2 is 1.43 bits per heavy atom. The molecule has 4 nitrogen and oxygen atoms in total. The predicted molar refractivity (Wildman–Crippen MR) is 127 cm³/mol. The molecule has 0 aliphatic carbocycles. The molecule has 4 rings (SSSR count). The number of anilines is 2. The number of benzene rings is 3. The first kappa shape index (κ1) is 20.5. The molecule has 0 aromatic heterocycles. The summed E-state index contributed by atoms with van der Waals surface area (Å²) in [5.41, 5.74) is 12.1. The van der Waals surface area contributed by atoms with Crippen LogP contribution >= 0.6 is 0 Å². The van der Waals surface area contributed by atoms with Gasteiger partial charge in [0.1, 0.15) is 0 Å².